The molecule has 20 heavy (non-hydrogen) atoms. The van der Waals surface area contributed by atoms with Crippen molar-refractivity contribution >= 4 is 28.4 Å². The van der Waals surface area contributed by atoms with Crippen molar-refractivity contribution in [2.45, 2.75) is 13.5 Å². The second kappa shape index (κ2) is 6.53. The van der Waals surface area contributed by atoms with Crippen LogP contribution in [0.25, 0.3) is 0 Å². The first kappa shape index (κ1) is 14.5. The third-order valence-corrected chi connectivity index (χ3v) is 3.90. The number of nitriles is 1. The van der Waals surface area contributed by atoms with Crippen LogP contribution in [0.15, 0.2) is 42.5 Å². The molecule has 0 unspecified atom stereocenters. The molecule has 0 N–H and O–H groups in total. The quantitative estimate of drug-likeness (QED) is 0.599. The molecular formula is C16H12INO2. The number of carbonyl (C=O) groups is 1. The second-order valence-electron chi connectivity index (χ2n) is 4.26. The predicted octanol–water partition coefficient (Wildman–Crippen LogP) is 3.94. The Morgan fingerprint density at radius 3 is 2.70 bits per heavy atom. The summed E-state index contributed by atoms with van der Waals surface area (Å²) in [4.78, 5) is 11.4. The van der Waals surface area contributed by atoms with Crippen molar-refractivity contribution in [1.82, 2.24) is 0 Å². The monoisotopic (exact) mass is 377 g/mol. The third-order valence-electron chi connectivity index (χ3n) is 2.84. The number of ketones is 1. The van der Waals surface area contributed by atoms with E-state index in [1.165, 1.54) is 6.92 Å². The summed E-state index contributed by atoms with van der Waals surface area (Å²) in [5, 5.41) is 9.06. The van der Waals surface area contributed by atoms with Gasteiger partial charge in [-0.15, -0.1) is 0 Å². The van der Waals surface area contributed by atoms with Gasteiger partial charge in [0.25, 0.3) is 0 Å². The largest absolute Gasteiger partial charge is 0.489 e. The number of Topliss-reactive ketones (excluding diaryl/α,β-unsaturated/α-hetero) is 1. The summed E-state index contributed by atoms with van der Waals surface area (Å²) in [7, 11) is 0. The number of ether oxygens (including phenoxy) is 1. The van der Waals surface area contributed by atoms with E-state index in [0.717, 1.165) is 9.13 Å². The van der Waals surface area contributed by atoms with E-state index >= 15 is 0 Å². The Labute approximate surface area is 131 Å². The predicted molar refractivity (Wildman–Crippen MR) is 84.7 cm³/mol. The molecule has 0 aliphatic carbocycles. The fourth-order valence-electron chi connectivity index (χ4n) is 1.79. The number of carbonyl (C=O) groups excluding carboxylic acids is 1. The van der Waals surface area contributed by atoms with E-state index in [1.54, 1.807) is 18.2 Å². The molecule has 0 fully saturated rings. The van der Waals surface area contributed by atoms with Crippen LogP contribution in [0.1, 0.15) is 28.4 Å². The van der Waals surface area contributed by atoms with Crippen molar-refractivity contribution in [2.24, 2.45) is 0 Å². The van der Waals surface area contributed by atoms with Gasteiger partial charge in [0, 0.05) is 14.7 Å². The Bertz CT molecular complexity index is 689. The lowest BCUT2D eigenvalue weighted by Gasteiger charge is -2.09. The standard InChI is InChI=1S/C16H12INO2/c1-11(19)15-7-6-14(8-13(15)9-18)20-10-12-4-2-3-5-16(12)17/h2-8H,10H2,1H3. The molecule has 4 heteroatoms. The van der Waals surface area contributed by atoms with Crippen LogP contribution in [0.5, 0.6) is 5.75 Å². The van der Waals surface area contributed by atoms with Crippen LogP contribution in [0, 0.1) is 14.9 Å². The molecule has 0 saturated heterocycles. The SMILES string of the molecule is CC(=O)c1ccc(OCc2ccccc2I)cc1C#N. The zero-order valence-corrected chi connectivity index (χ0v) is 13.0. The van der Waals surface area contributed by atoms with Gasteiger partial charge in [-0.25, -0.2) is 0 Å². The summed E-state index contributed by atoms with van der Waals surface area (Å²) in [5.74, 6) is 0.469. The van der Waals surface area contributed by atoms with Gasteiger partial charge in [-0.3, -0.25) is 4.79 Å². The molecule has 0 spiro atoms. The van der Waals surface area contributed by atoms with Crippen LogP contribution in [-0.2, 0) is 6.61 Å². The molecular weight excluding hydrogens is 365 g/mol. The summed E-state index contributed by atoms with van der Waals surface area (Å²) in [5.41, 5.74) is 1.86. The first-order chi connectivity index (χ1) is 9.61. The molecule has 0 atom stereocenters. The van der Waals surface area contributed by atoms with Crippen LogP contribution in [-0.4, -0.2) is 5.78 Å². The van der Waals surface area contributed by atoms with Gasteiger partial charge in [0.1, 0.15) is 18.4 Å². The van der Waals surface area contributed by atoms with Gasteiger partial charge in [0.2, 0.25) is 0 Å². The van der Waals surface area contributed by atoms with Crippen LogP contribution < -0.4 is 4.74 Å². The minimum Gasteiger partial charge on any atom is -0.489 e. The Morgan fingerprint density at radius 1 is 1.30 bits per heavy atom. The summed E-state index contributed by atoms with van der Waals surface area (Å²) in [6.45, 7) is 1.88. The van der Waals surface area contributed by atoms with Crippen molar-refractivity contribution in [2.75, 3.05) is 0 Å². The van der Waals surface area contributed by atoms with Gasteiger partial charge in [0.05, 0.1) is 5.56 Å². The van der Waals surface area contributed by atoms with E-state index in [0.29, 0.717) is 23.5 Å². The maximum Gasteiger partial charge on any atom is 0.161 e. The van der Waals surface area contributed by atoms with E-state index in [-0.39, 0.29) is 5.78 Å². The lowest BCUT2D eigenvalue weighted by Crippen LogP contribution is -2.00. The highest BCUT2D eigenvalue weighted by Crippen LogP contribution is 2.20. The van der Waals surface area contributed by atoms with E-state index < -0.39 is 0 Å². The smallest absolute Gasteiger partial charge is 0.161 e. The normalized spacial score (nSPS) is 9.85. The van der Waals surface area contributed by atoms with Crippen LogP contribution in [0.3, 0.4) is 0 Å². The summed E-state index contributed by atoms with van der Waals surface area (Å²) < 4.78 is 6.81. The molecule has 3 nitrogen and oxygen atoms in total. The number of hydrogen-bond donors (Lipinski definition) is 0. The number of rotatable bonds is 4. The maximum absolute atomic E-state index is 11.4. The lowest BCUT2D eigenvalue weighted by molar-refractivity contribution is 0.101. The van der Waals surface area contributed by atoms with E-state index in [4.69, 9.17) is 10.00 Å². The number of benzene rings is 2. The van der Waals surface area contributed by atoms with E-state index in [9.17, 15) is 4.79 Å². The van der Waals surface area contributed by atoms with Crippen molar-refractivity contribution in [3.63, 3.8) is 0 Å². The number of halogens is 1. The van der Waals surface area contributed by atoms with Gasteiger partial charge in [-0.2, -0.15) is 5.26 Å². The average molecular weight is 377 g/mol. The maximum atomic E-state index is 11.4. The summed E-state index contributed by atoms with van der Waals surface area (Å²) in [6, 6.07) is 14.9. The Morgan fingerprint density at radius 2 is 2.05 bits per heavy atom. The molecule has 0 amide bonds. The van der Waals surface area contributed by atoms with Gasteiger partial charge in [-0.1, -0.05) is 18.2 Å². The zero-order chi connectivity index (χ0) is 14.5. The van der Waals surface area contributed by atoms with E-state index in [2.05, 4.69) is 22.6 Å². The van der Waals surface area contributed by atoms with Gasteiger partial charge < -0.3 is 4.74 Å². The highest BCUT2D eigenvalue weighted by atomic mass is 127. The van der Waals surface area contributed by atoms with Gasteiger partial charge in [-0.05, 0) is 53.8 Å². The molecule has 0 bridgehead atoms. The average Bonchev–Trinajstić information content (AvgIpc) is 2.46. The highest BCUT2D eigenvalue weighted by Gasteiger charge is 2.08. The van der Waals surface area contributed by atoms with Crippen LogP contribution in [0.4, 0.5) is 0 Å². The lowest BCUT2D eigenvalue weighted by atomic mass is 10.1. The number of hydrogen-bond acceptors (Lipinski definition) is 3. The first-order valence-corrected chi connectivity index (χ1v) is 7.11. The first-order valence-electron chi connectivity index (χ1n) is 6.03. The number of nitrogens with zero attached hydrogens (tertiary/aromatic N) is 1. The van der Waals surface area contributed by atoms with Gasteiger partial charge >= 0.3 is 0 Å². The molecule has 0 radical (unpaired) electrons. The Hall–Kier alpha value is -1.87. The molecule has 0 aromatic heterocycles. The third kappa shape index (κ3) is 3.36. The van der Waals surface area contributed by atoms with Crippen molar-refractivity contribution in [3.8, 4) is 11.8 Å². The molecule has 100 valence electrons. The molecule has 2 aromatic carbocycles. The minimum absolute atomic E-state index is 0.120. The van der Waals surface area contributed by atoms with E-state index in [1.807, 2.05) is 30.3 Å². The highest BCUT2D eigenvalue weighted by molar-refractivity contribution is 14.1. The molecule has 0 aliphatic heterocycles. The zero-order valence-electron chi connectivity index (χ0n) is 10.9. The Balaban J connectivity index is 2.17. The second-order valence-corrected chi connectivity index (χ2v) is 5.42. The van der Waals surface area contributed by atoms with Crippen LogP contribution in [0.2, 0.25) is 0 Å². The van der Waals surface area contributed by atoms with Gasteiger partial charge in [0.15, 0.2) is 5.78 Å². The minimum atomic E-state index is -0.120. The molecule has 0 aliphatic rings. The molecule has 0 saturated carbocycles. The fourth-order valence-corrected chi connectivity index (χ4v) is 2.33. The van der Waals surface area contributed by atoms with Crippen LogP contribution >= 0.6 is 22.6 Å². The van der Waals surface area contributed by atoms with Crippen molar-refractivity contribution in [1.29, 1.82) is 5.26 Å². The fraction of sp³-hybridized carbons (Fsp3) is 0.125. The summed E-state index contributed by atoms with van der Waals surface area (Å²) >= 11 is 2.25. The topological polar surface area (TPSA) is 50.1 Å². The van der Waals surface area contributed by atoms with Crippen molar-refractivity contribution in [3.05, 3.63) is 62.7 Å². The molecule has 0 heterocycles. The van der Waals surface area contributed by atoms with Crippen molar-refractivity contribution < 1.29 is 9.53 Å². The molecule has 2 rings (SSSR count). The summed E-state index contributed by atoms with van der Waals surface area (Å²) in [6.07, 6.45) is 0. The Kier molecular flexibility index (Phi) is 4.74. The molecule has 2 aromatic rings.